The second kappa shape index (κ2) is 3.24. The number of benzene rings is 1. The molecule has 1 aromatic carbocycles. The molecule has 1 aliphatic carbocycles. The van der Waals surface area contributed by atoms with Gasteiger partial charge < -0.3 is 5.73 Å². The Morgan fingerprint density at radius 3 is 2.36 bits per heavy atom. The number of halogens is 1. The van der Waals surface area contributed by atoms with E-state index in [0.717, 1.165) is 0 Å². The van der Waals surface area contributed by atoms with E-state index in [9.17, 15) is 0 Å². The maximum atomic E-state index is 7.67. The molecule has 1 fully saturated rings. The predicted molar refractivity (Wildman–Crippen MR) is 49.0 cm³/mol. The fourth-order valence-electron chi connectivity index (χ4n) is 0.992. The van der Waals surface area contributed by atoms with Crippen molar-refractivity contribution in [1.29, 1.82) is 0 Å². The summed E-state index contributed by atoms with van der Waals surface area (Å²) in [6.45, 7) is 0. The Bertz CT molecular complexity index is 407. The van der Waals surface area contributed by atoms with Crippen LogP contribution in [0.25, 0.3) is 0 Å². The lowest BCUT2D eigenvalue weighted by molar-refractivity contribution is 0.991. The number of nitrogens with two attached hydrogens (primary N) is 1. The van der Waals surface area contributed by atoms with Crippen molar-refractivity contribution in [3.05, 3.63) is 35.8 Å². The maximum absolute atomic E-state index is 7.67. The summed E-state index contributed by atoms with van der Waals surface area (Å²) in [6, 6.07) is -1.18. The van der Waals surface area contributed by atoms with Crippen LogP contribution in [0.15, 0.2) is 30.2 Å². The minimum atomic E-state index is -0.344. The molecule has 11 heavy (non-hydrogen) atoms. The number of hydrogen-bond acceptors (Lipinski definition) is 1. The van der Waals surface area contributed by atoms with Gasteiger partial charge in [-0.15, -0.1) is 12.4 Å². The highest BCUT2D eigenvalue weighted by Gasteiger charge is 2.34. The Labute approximate surface area is 80.0 Å². The average Bonchev–Trinajstić information content (AvgIpc) is 2.90. The van der Waals surface area contributed by atoms with Crippen LogP contribution in [0.4, 0.5) is 0 Å². The highest BCUT2D eigenvalue weighted by molar-refractivity contribution is 5.85. The molecule has 1 aromatic rings. The molecule has 0 saturated heterocycles. The smallest absolute Gasteiger partial charge is 0.0626 e. The van der Waals surface area contributed by atoms with Crippen molar-refractivity contribution in [3.63, 3.8) is 0 Å². The molecule has 2 N–H and O–H groups in total. The van der Waals surface area contributed by atoms with Gasteiger partial charge in [0.15, 0.2) is 0 Å². The van der Waals surface area contributed by atoms with E-state index in [2.05, 4.69) is 0 Å². The molecule has 2 heteroatoms. The van der Waals surface area contributed by atoms with Crippen LogP contribution in [0.2, 0.25) is 0 Å². The predicted octanol–water partition coefficient (Wildman–Crippen LogP) is 1.92. The van der Waals surface area contributed by atoms with E-state index in [1.165, 1.54) is 0 Å². The van der Waals surface area contributed by atoms with Gasteiger partial charge in [0.25, 0.3) is 0 Å². The maximum Gasteiger partial charge on any atom is 0.0626 e. The van der Waals surface area contributed by atoms with Gasteiger partial charge in [0, 0.05) is 12.0 Å². The zero-order chi connectivity index (χ0) is 11.3. The van der Waals surface area contributed by atoms with E-state index in [-0.39, 0.29) is 54.6 Å². The van der Waals surface area contributed by atoms with E-state index < -0.39 is 0 Å². The van der Waals surface area contributed by atoms with Crippen molar-refractivity contribution < 1.29 is 6.85 Å². The van der Waals surface area contributed by atoms with Crippen molar-refractivity contribution >= 4 is 12.4 Å². The van der Waals surface area contributed by atoms with Gasteiger partial charge in [0.2, 0.25) is 0 Å². The van der Waals surface area contributed by atoms with Crippen molar-refractivity contribution in [3.8, 4) is 0 Å². The third-order valence-electron chi connectivity index (χ3n) is 1.73. The second-order valence-corrected chi connectivity index (χ2v) is 2.54. The molecule has 1 saturated carbocycles. The van der Waals surface area contributed by atoms with Gasteiger partial charge >= 0.3 is 0 Å². The molecule has 0 unspecified atom stereocenters. The molecule has 60 valence electrons. The minimum absolute atomic E-state index is 0. The van der Waals surface area contributed by atoms with Gasteiger partial charge in [-0.1, -0.05) is 30.2 Å². The zero-order valence-corrected chi connectivity index (χ0v) is 6.66. The van der Waals surface area contributed by atoms with Crippen LogP contribution >= 0.6 is 12.4 Å². The Hall–Kier alpha value is -0.530. The lowest BCUT2D eigenvalue weighted by Crippen LogP contribution is -2.00. The Morgan fingerprint density at radius 2 is 1.91 bits per heavy atom. The molecule has 1 aliphatic rings. The molecular formula is C9H12ClN. The highest BCUT2D eigenvalue weighted by Crippen LogP contribution is 2.38. The van der Waals surface area contributed by atoms with Gasteiger partial charge in [-0.05, 0) is 12.0 Å². The van der Waals surface area contributed by atoms with Crippen LogP contribution in [0.3, 0.4) is 0 Å². The van der Waals surface area contributed by atoms with Crippen LogP contribution in [0.5, 0.6) is 0 Å². The lowest BCUT2D eigenvalue weighted by atomic mass is 10.1. The lowest BCUT2D eigenvalue weighted by Gasteiger charge is -1.94. The number of rotatable bonds is 1. The van der Waals surface area contributed by atoms with E-state index in [1.807, 2.05) is 0 Å². The highest BCUT2D eigenvalue weighted by atomic mass is 35.5. The van der Waals surface area contributed by atoms with Crippen LogP contribution in [-0.2, 0) is 0 Å². The summed E-state index contributed by atoms with van der Waals surface area (Å²) in [5.41, 5.74) is 6.01. The van der Waals surface area contributed by atoms with Crippen molar-refractivity contribution in [2.75, 3.05) is 0 Å². The Morgan fingerprint density at radius 1 is 1.36 bits per heavy atom. The molecule has 0 aliphatic heterocycles. The van der Waals surface area contributed by atoms with Crippen LogP contribution < -0.4 is 5.73 Å². The first-order chi connectivity index (χ1) is 6.95. The van der Waals surface area contributed by atoms with Crippen molar-refractivity contribution in [2.24, 2.45) is 5.73 Å². The topological polar surface area (TPSA) is 26.0 Å². The summed E-state index contributed by atoms with van der Waals surface area (Å²) in [6.07, 6.45) is 0.702. The van der Waals surface area contributed by atoms with Gasteiger partial charge in [-0.3, -0.25) is 0 Å². The first kappa shape index (κ1) is 3.92. The first-order valence-electron chi connectivity index (χ1n) is 5.77. The van der Waals surface area contributed by atoms with Gasteiger partial charge in [0.05, 0.1) is 6.85 Å². The van der Waals surface area contributed by atoms with Crippen LogP contribution in [0, 0.1) is 0 Å². The summed E-state index contributed by atoms with van der Waals surface area (Å²) < 4.78 is 37.7. The molecule has 2 rings (SSSR count). The summed E-state index contributed by atoms with van der Waals surface area (Å²) in [5.74, 6) is -0.0706. The summed E-state index contributed by atoms with van der Waals surface area (Å²) in [4.78, 5) is 0. The Kier molecular flexibility index (Phi) is 1.16. The summed E-state index contributed by atoms with van der Waals surface area (Å²) in [7, 11) is 0. The number of hydrogen-bond donors (Lipinski definition) is 1. The van der Waals surface area contributed by atoms with Crippen LogP contribution in [0.1, 0.15) is 24.8 Å². The molecule has 0 heterocycles. The molecular weight excluding hydrogens is 158 g/mol. The van der Waals surface area contributed by atoms with Crippen molar-refractivity contribution in [2.45, 2.75) is 18.4 Å². The quantitative estimate of drug-likeness (QED) is 0.692. The average molecular weight is 175 g/mol. The molecule has 0 aromatic heterocycles. The van der Waals surface area contributed by atoms with Crippen molar-refractivity contribution in [1.82, 2.24) is 0 Å². The standard InChI is InChI=1S/C9H11N.ClH/c10-9-6-8(9)7-4-2-1-3-5-7;/h1-5,8-9H,6,10H2;1H/t8-,9-;/m0./s1/i1D,2D,3D,4D,5D;. The monoisotopic (exact) mass is 174 g/mol. The molecule has 2 atom stereocenters. The second-order valence-electron chi connectivity index (χ2n) is 2.54. The SMILES string of the molecule is Cl.[2H]c1c([2H])c([2H])c([C@@H]2C[C@@H]2N)c([2H])c1[2H]. The van der Waals surface area contributed by atoms with E-state index >= 15 is 0 Å². The molecule has 0 radical (unpaired) electrons. The molecule has 0 spiro atoms. The third kappa shape index (κ3) is 1.73. The molecule has 1 nitrogen and oxygen atoms in total. The van der Waals surface area contributed by atoms with E-state index in [0.29, 0.717) is 12.0 Å². The largest absolute Gasteiger partial charge is 0.327 e. The normalized spacial score (nSPS) is 33.7. The Balaban J connectivity index is 0.00000128. The van der Waals surface area contributed by atoms with E-state index in [4.69, 9.17) is 12.6 Å². The fourth-order valence-corrected chi connectivity index (χ4v) is 0.992. The molecule has 0 amide bonds. The fraction of sp³-hybridized carbons (Fsp3) is 0.333. The summed E-state index contributed by atoms with van der Waals surface area (Å²) in [5, 5.41) is 0. The minimum Gasteiger partial charge on any atom is -0.327 e. The van der Waals surface area contributed by atoms with Gasteiger partial charge in [-0.2, -0.15) is 0 Å². The first-order valence-corrected chi connectivity index (χ1v) is 3.27. The van der Waals surface area contributed by atoms with E-state index in [1.54, 1.807) is 0 Å². The zero-order valence-electron chi connectivity index (χ0n) is 10.8. The summed E-state index contributed by atoms with van der Waals surface area (Å²) >= 11 is 0. The molecule has 0 bridgehead atoms. The third-order valence-corrected chi connectivity index (χ3v) is 1.73. The van der Waals surface area contributed by atoms with Gasteiger partial charge in [-0.25, -0.2) is 0 Å². The van der Waals surface area contributed by atoms with Gasteiger partial charge in [0.1, 0.15) is 0 Å². The van der Waals surface area contributed by atoms with Crippen LogP contribution in [-0.4, -0.2) is 6.04 Å².